The number of thiophene rings is 1. The van der Waals surface area contributed by atoms with E-state index in [1.54, 1.807) is 35.8 Å². The van der Waals surface area contributed by atoms with Gasteiger partial charge >= 0.3 is 0 Å². The molecule has 0 saturated carbocycles. The fourth-order valence-corrected chi connectivity index (χ4v) is 5.07. The number of nitrogens with one attached hydrogen (secondary N) is 1. The highest BCUT2D eigenvalue weighted by molar-refractivity contribution is 8.00. The highest BCUT2D eigenvalue weighted by atomic mass is 35.5. The SMILES string of the molecule is C=CCn1c(SC(C)C(=O)Nc2cccc(Cl)c2Cl)nc2sc(C)c(C)c2c1=O. The molecule has 1 N–H and O–H groups in total. The summed E-state index contributed by atoms with van der Waals surface area (Å²) in [4.78, 5) is 32.1. The number of amides is 1. The van der Waals surface area contributed by atoms with E-state index in [0.717, 1.165) is 10.4 Å². The third kappa shape index (κ3) is 4.38. The number of halogens is 2. The standard InChI is InChI=1S/C20H19Cl2N3O2S2/c1-5-9-25-19(27)15-10(2)11(3)28-18(15)24-20(25)29-12(4)17(26)23-14-8-6-7-13(21)16(14)22/h5-8,12H,1,9H2,2-4H3,(H,23,26). The maximum Gasteiger partial charge on any atom is 0.263 e. The minimum Gasteiger partial charge on any atom is -0.324 e. The third-order valence-corrected chi connectivity index (χ3v) is 7.44. The number of fused-ring (bicyclic) bond motifs is 1. The summed E-state index contributed by atoms with van der Waals surface area (Å²) in [7, 11) is 0. The summed E-state index contributed by atoms with van der Waals surface area (Å²) < 4.78 is 1.55. The van der Waals surface area contributed by atoms with Crippen LogP contribution < -0.4 is 10.9 Å². The number of anilines is 1. The molecule has 1 amide bonds. The second-order valence-electron chi connectivity index (χ2n) is 6.41. The molecule has 0 saturated heterocycles. The Balaban J connectivity index is 1.93. The summed E-state index contributed by atoms with van der Waals surface area (Å²) >= 11 is 14.8. The van der Waals surface area contributed by atoms with E-state index in [9.17, 15) is 9.59 Å². The molecule has 5 nitrogen and oxygen atoms in total. The van der Waals surface area contributed by atoms with E-state index in [0.29, 0.717) is 32.6 Å². The molecule has 0 fully saturated rings. The number of thioether (sulfide) groups is 1. The van der Waals surface area contributed by atoms with Crippen molar-refractivity contribution in [3.63, 3.8) is 0 Å². The number of hydrogen-bond donors (Lipinski definition) is 1. The summed E-state index contributed by atoms with van der Waals surface area (Å²) in [5.74, 6) is -0.266. The lowest BCUT2D eigenvalue weighted by Crippen LogP contribution is -2.26. The van der Waals surface area contributed by atoms with Gasteiger partial charge in [-0.2, -0.15) is 0 Å². The van der Waals surface area contributed by atoms with Gasteiger partial charge in [0.2, 0.25) is 5.91 Å². The maximum atomic E-state index is 13.0. The van der Waals surface area contributed by atoms with Crippen molar-refractivity contribution in [1.82, 2.24) is 9.55 Å². The van der Waals surface area contributed by atoms with Gasteiger partial charge in [-0.25, -0.2) is 4.98 Å². The van der Waals surface area contributed by atoms with Gasteiger partial charge < -0.3 is 5.32 Å². The van der Waals surface area contributed by atoms with Crippen molar-refractivity contribution >= 4 is 68.1 Å². The zero-order chi connectivity index (χ0) is 21.3. The first-order valence-electron chi connectivity index (χ1n) is 8.77. The summed E-state index contributed by atoms with van der Waals surface area (Å²) in [6.45, 7) is 9.69. The van der Waals surface area contributed by atoms with Gasteiger partial charge in [-0.15, -0.1) is 17.9 Å². The molecule has 0 spiro atoms. The second-order valence-corrected chi connectivity index (χ2v) is 9.71. The van der Waals surface area contributed by atoms with Gasteiger partial charge in [-0.3, -0.25) is 14.2 Å². The molecule has 3 rings (SSSR count). The molecule has 29 heavy (non-hydrogen) atoms. The summed E-state index contributed by atoms with van der Waals surface area (Å²) in [6.07, 6.45) is 1.64. The number of benzene rings is 1. The van der Waals surface area contributed by atoms with Gasteiger partial charge in [-0.1, -0.05) is 47.1 Å². The second kappa shape index (κ2) is 8.92. The molecule has 0 aliphatic rings. The summed E-state index contributed by atoms with van der Waals surface area (Å²) in [5, 5.41) is 4.01. The molecular weight excluding hydrogens is 449 g/mol. The van der Waals surface area contributed by atoms with Gasteiger partial charge in [0.25, 0.3) is 5.56 Å². The van der Waals surface area contributed by atoms with Crippen LogP contribution in [0.5, 0.6) is 0 Å². The van der Waals surface area contributed by atoms with Crippen molar-refractivity contribution in [2.75, 3.05) is 5.32 Å². The van der Waals surface area contributed by atoms with Crippen molar-refractivity contribution in [3.05, 3.63) is 61.7 Å². The van der Waals surface area contributed by atoms with Gasteiger partial charge in [-0.05, 0) is 38.5 Å². The lowest BCUT2D eigenvalue weighted by Gasteiger charge is -2.15. The molecule has 0 aliphatic carbocycles. The van der Waals surface area contributed by atoms with Crippen LogP contribution in [0.2, 0.25) is 10.0 Å². The zero-order valence-corrected chi connectivity index (χ0v) is 19.2. The molecule has 1 aromatic carbocycles. The van der Waals surface area contributed by atoms with E-state index in [1.165, 1.54) is 23.1 Å². The highest BCUT2D eigenvalue weighted by Crippen LogP contribution is 2.32. The van der Waals surface area contributed by atoms with Gasteiger partial charge in [0.15, 0.2) is 5.16 Å². The molecule has 1 unspecified atom stereocenters. The van der Waals surface area contributed by atoms with E-state index in [1.807, 2.05) is 13.8 Å². The van der Waals surface area contributed by atoms with Crippen LogP contribution in [0.3, 0.4) is 0 Å². The minimum absolute atomic E-state index is 0.121. The van der Waals surface area contributed by atoms with Crippen molar-refractivity contribution in [3.8, 4) is 0 Å². The summed E-state index contributed by atoms with van der Waals surface area (Å²) in [6, 6.07) is 5.04. The van der Waals surface area contributed by atoms with E-state index in [4.69, 9.17) is 23.2 Å². The van der Waals surface area contributed by atoms with Crippen molar-refractivity contribution in [1.29, 1.82) is 0 Å². The van der Waals surface area contributed by atoms with Gasteiger partial charge in [0.1, 0.15) is 4.83 Å². The average Bonchev–Trinajstić information content (AvgIpc) is 2.96. The minimum atomic E-state index is -0.521. The number of hydrogen-bond acceptors (Lipinski definition) is 5. The van der Waals surface area contributed by atoms with E-state index < -0.39 is 5.25 Å². The molecule has 9 heteroatoms. The quantitative estimate of drug-likeness (QED) is 0.287. The lowest BCUT2D eigenvalue weighted by molar-refractivity contribution is -0.115. The first-order valence-corrected chi connectivity index (χ1v) is 11.2. The zero-order valence-electron chi connectivity index (χ0n) is 16.1. The number of rotatable bonds is 6. The van der Waals surface area contributed by atoms with Crippen molar-refractivity contribution in [2.24, 2.45) is 0 Å². The fraction of sp³-hybridized carbons (Fsp3) is 0.250. The van der Waals surface area contributed by atoms with Crippen molar-refractivity contribution < 1.29 is 4.79 Å². The Bertz CT molecular complexity index is 1170. The average molecular weight is 468 g/mol. The van der Waals surface area contributed by atoms with E-state index in [-0.39, 0.29) is 16.5 Å². The number of carbonyl (C=O) groups is 1. The third-order valence-electron chi connectivity index (χ3n) is 4.43. The molecular formula is C20H19Cl2N3O2S2. The molecule has 1 atom stereocenters. The fourth-order valence-electron chi connectivity index (χ4n) is 2.74. The van der Waals surface area contributed by atoms with Gasteiger partial charge in [0.05, 0.1) is 26.4 Å². The van der Waals surface area contributed by atoms with Crippen LogP contribution in [0, 0.1) is 13.8 Å². The Hall–Kier alpha value is -1.80. The number of aryl methyl sites for hydroxylation is 2. The van der Waals surface area contributed by atoms with Crippen molar-refractivity contribution in [2.45, 2.75) is 37.7 Å². The Kier molecular flexibility index (Phi) is 6.73. The smallest absolute Gasteiger partial charge is 0.263 e. The number of allylic oxidation sites excluding steroid dienone is 1. The normalized spacial score (nSPS) is 12.2. The molecule has 2 heterocycles. The topological polar surface area (TPSA) is 64.0 Å². The predicted octanol–water partition coefficient (Wildman–Crippen LogP) is 5.69. The maximum absolute atomic E-state index is 13.0. The molecule has 152 valence electrons. The number of carbonyl (C=O) groups excluding carboxylic acids is 1. The van der Waals surface area contributed by atoms with E-state index in [2.05, 4.69) is 16.9 Å². The largest absolute Gasteiger partial charge is 0.324 e. The molecule has 0 aliphatic heterocycles. The number of nitrogens with zero attached hydrogens (tertiary/aromatic N) is 2. The first-order chi connectivity index (χ1) is 13.7. The first kappa shape index (κ1) is 21.9. The Labute approximate surface area is 186 Å². The highest BCUT2D eigenvalue weighted by Gasteiger charge is 2.22. The van der Waals surface area contributed by atoms with Crippen LogP contribution in [-0.2, 0) is 11.3 Å². The summed E-state index contributed by atoms with van der Waals surface area (Å²) in [5.41, 5.74) is 1.26. The lowest BCUT2D eigenvalue weighted by atomic mass is 10.2. The van der Waals surface area contributed by atoms with Crippen LogP contribution in [0.15, 0.2) is 40.8 Å². The van der Waals surface area contributed by atoms with Gasteiger partial charge in [0, 0.05) is 11.4 Å². The molecule has 0 bridgehead atoms. The Morgan fingerprint density at radius 2 is 2.14 bits per heavy atom. The molecule has 0 radical (unpaired) electrons. The van der Waals surface area contributed by atoms with E-state index >= 15 is 0 Å². The van der Waals surface area contributed by atoms with Crippen LogP contribution in [0.25, 0.3) is 10.2 Å². The molecule has 3 aromatic rings. The van der Waals surface area contributed by atoms with Crippen LogP contribution in [0.4, 0.5) is 5.69 Å². The van der Waals surface area contributed by atoms with Crippen LogP contribution in [0.1, 0.15) is 17.4 Å². The van der Waals surface area contributed by atoms with Crippen LogP contribution in [-0.4, -0.2) is 20.7 Å². The van der Waals surface area contributed by atoms with Crippen LogP contribution >= 0.6 is 46.3 Å². The Morgan fingerprint density at radius 3 is 2.83 bits per heavy atom. The predicted molar refractivity (Wildman–Crippen MR) is 124 cm³/mol. The Morgan fingerprint density at radius 1 is 1.41 bits per heavy atom. The monoisotopic (exact) mass is 467 g/mol. The molecule has 2 aromatic heterocycles. The number of aromatic nitrogens is 2.